The van der Waals surface area contributed by atoms with Crippen molar-refractivity contribution in [3.63, 3.8) is 0 Å². The molecule has 2 heteroatoms. The lowest BCUT2D eigenvalue weighted by atomic mass is 10.5. The number of allylic oxidation sites excluding steroid dienone is 3. The molecule has 0 aliphatic rings. The molecule has 38 valence electrons. The van der Waals surface area contributed by atoms with Gasteiger partial charge < -0.3 is 5.41 Å². The molecule has 0 fully saturated rings. The van der Waals surface area contributed by atoms with E-state index in [1.807, 2.05) is 0 Å². The molecular weight excluding hydrogens is 154 g/mol. The maximum Gasteiger partial charge on any atom is 0.0350 e. The van der Waals surface area contributed by atoms with Gasteiger partial charge in [0, 0.05) is 10.7 Å². The highest BCUT2D eigenvalue weighted by Gasteiger charge is 1.73. The van der Waals surface area contributed by atoms with Gasteiger partial charge >= 0.3 is 0 Å². The van der Waals surface area contributed by atoms with E-state index in [2.05, 4.69) is 22.5 Å². The van der Waals surface area contributed by atoms with E-state index in [9.17, 15) is 0 Å². The monoisotopic (exact) mass is 159 g/mol. The Morgan fingerprint density at radius 2 is 2.29 bits per heavy atom. The quantitative estimate of drug-likeness (QED) is 0.472. The van der Waals surface area contributed by atoms with Gasteiger partial charge in [-0.2, -0.15) is 0 Å². The van der Waals surface area contributed by atoms with Crippen molar-refractivity contribution >= 4 is 22.1 Å². The molecule has 0 unspecified atom stereocenters. The molecule has 0 saturated heterocycles. The molecule has 0 aliphatic heterocycles. The molecule has 0 spiro atoms. The van der Waals surface area contributed by atoms with Crippen molar-refractivity contribution in [3.05, 3.63) is 23.2 Å². The second-order valence-corrected chi connectivity index (χ2v) is 1.85. The van der Waals surface area contributed by atoms with Crippen LogP contribution in [-0.2, 0) is 0 Å². The van der Waals surface area contributed by atoms with Crippen molar-refractivity contribution in [1.29, 1.82) is 5.41 Å². The Balaban J connectivity index is 3.72. The van der Waals surface area contributed by atoms with Gasteiger partial charge in [-0.05, 0) is 22.0 Å². The van der Waals surface area contributed by atoms with Gasteiger partial charge in [-0.3, -0.25) is 0 Å². The summed E-state index contributed by atoms with van der Waals surface area (Å²) < 4.78 is 0.738. The standard InChI is InChI=1S/C5H6BrN/c1-2-3-5(6)4-7/h2-4,7H,1H2/b5-3+,7-4?. The van der Waals surface area contributed by atoms with Gasteiger partial charge in [0.1, 0.15) is 0 Å². The van der Waals surface area contributed by atoms with Crippen LogP contribution in [0.2, 0.25) is 0 Å². The van der Waals surface area contributed by atoms with Gasteiger partial charge in [0.25, 0.3) is 0 Å². The summed E-state index contributed by atoms with van der Waals surface area (Å²) in [5.41, 5.74) is 0. The number of hydrogen-bond acceptors (Lipinski definition) is 1. The molecular formula is C5H6BrN. The van der Waals surface area contributed by atoms with Gasteiger partial charge in [0.2, 0.25) is 0 Å². The van der Waals surface area contributed by atoms with Crippen LogP contribution in [0.1, 0.15) is 0 Å². The van der Waals surface area contributed by atoms with Gasteiger partial charge in [-0.25, -0.2) is 0 Å². The molecule has 0 radical (unpaired) electrons. The molecule has 0 bridgehead atoms. The number of rotatable bonds is 2. The molecule has 1 N–H and O–H groups in total. The fourth-order valence-corrected chi connectivity index (χ4v) is 0.348. The van der Waals surface area contributed by atoms with E-state index >= 15 is 0 Å². The van der Waals surface area contributed by atoms with Crippen LogP contribution >= 0.6 is 15.9 Å². The molecule has 0 aromatic heterocycles. The number of nitrogens with one attached hydrogen (secondary N) is 1. The van der Waals surface area contributed by atoms with Crippen molar-refractivity contribution < 1.29 is 0 Å². The average molecular weight is 160 g/mol. The summed E-state index contributed by atoms with van der Waals surface area (Å²) in [6, 6.07) is 0. The predicted molar refractivity (Wildman–Crippen MR) is 36.0 cm³/mol. The smallest absolute Gasteiger partial charge is 0.0350 e. The maximum atomic E-state index is 6.62. The fraction of sp³-hybridized carbons (Fsp3) is 0. The summed E-state index contributed by atoms with van der Waals surface area (Å²) in [4.78, 5) is 0. The maximum absolute atomic E-state index is 6.62. The molecule has 0 aromatic carbocycles. The van der Waals surface area contributed by atoms with E-state index in [1.54, 1.807) is 12.2 Å². The Morgan fingerprint density at radius 3 is 2.43 bits per heavy atom. The minimum Gasteiger partial charge on any atom is -0.308 e. The first-order chi connectivity index (χ1) is 3.31. The topological polar surface area (TPSA) is 23.9 Å². The van der Waals surface area contributed by atoms with Crippen molar-refractivity contribution in [1.82, 2.24) is 0 Å². The molecule has 0 rings (SSSR count). The van der Waals surface area contributed by atoms with Crippen LogP contribution in [0.3, 0.4) is 0 Å². The molecule has 0 heterocycles. The van der Waals surface area contributed by atoms with Gasteiger partial charge in [0.05, 0.1) is 0 Å². The zero-order valence-corrected chi connectivity index (χ0v) is 5.40. The Morgan fingerprint density at radius 1 is 1.71 bits per heavy atom. The van der Waals surface area contributed by atoms with Crippen LogP contribution in [0.25, 0.3) is 0 Å². The van der Waals surface area contributed by atoms with E-state index in [0.29, 0.717) is 0 Å². The second kappa shape index (κ2) is 3.81. The lowest BCUT2D eigenvalue weighted by molar-refractivity contribution is 1.57. The van der Waals surface area contributed by atoms with Crippen LogP contribution in [0, 0.1) is 5.41 Å². The summed E-state index contributed by atoms with van der Waals surface area (Å²) in [6.07, 6.45) is 4.53. The van der Waals surface area contributed by atoms with Crippen LogP contribution < -0.4 is 0 Å². The third-order valence-electron chi connectivity index (χ3n) is 0.415. The summed E-state index contributed by atoms with van der Waals surface area (Å²) in [5, 5.41) is 6.62. The predicted octanol–water partition coefficient (Wildman–Crippen LogP) is 2.10. The van der Waals surface area contributed by atoms with Crippen LogP contribution in [0.4, 0.5) is 0 Å². The largest absolute Gasteiger partial charge is 0.308 e. The third kappa shape index (κ3) is 3.46. The van der Waals surface area contributed by atoms with E-state index in [0.717, 1.165) is 4.48 Å². The zero-order valence-electron chi connectivity index (χ0n) is 3.82. The first-order valence-electron chi connectivity index (χ1n) is 1.80. The molecule has 0 aliphatic carbocycles. The van der Waals surface area contributed by atoms with Crippen LogP contribution in [-0.4, -0.2) is 6.21 Å². The second-order valence-electron chi connectivity index (χ2n) is 0.932. The average Bonchev–Trinajstić information content (AvgIpc) is 1.68. The van der Waals surface area contributed by atoms with Crippen molar-refractivity contribution in [2.24, 2.45) is 0 Å². The van der Waals surface area contributed by atoms with Crippen molar-refractivity contribution in [2.75, 3.05) is 0 Å². The summed E-state index contributed by atoms with van der Waals surface area (Å²) in [6.45, 7) is 3.44. The van der Waals surface area contributed by atoms with E-state index in [-0.39, 0.29) is 0 Å². The Bertz CT molecular complexity index is 105. The minimum absolute atomic E-state index is 0.738. The highest BCUT2D eigenvalue weighted by atomic mass is 79.9. The van der Waals surface area contributed by atoms with Crippen LogP contribution in [0.15, 0.2) is 23.2 Å². The molecule has 0 aromatic rings. The van der Waals surface area contributed by atoms with E-state index in [4.69, 9.17) is 5.41 Å². The van der Waals surface area contributed by atoms with E-state index < -0.39 is 0 Å². The Hall–Kier alpha value is -0.370. The Labute approximate surface area is 51.4 Å². The molecule has 1 nitrogen and oxygen atoms in total. The zero-order chi connectivity index (χ0) is 5.70. The lowest BCUT2D eigenvalue weighted by Gasteiger charge is -1.75. The van der Waals surface area contributed by atoms with Gasteiger partial charge in [-0.1, -0.05) is 12.7 Å². The molecule has 0 amide bonds. The molecule has 7 heavy (non-hydrogen) atoms. The highest BCUT2D eigenvalue weighted by molar-refractivity contribution is 9.12. The van der Waals surface area contributed by atoms with Gasteiger partial charge in [0.15, 0.2) is 0 Å². The highest BCUT2D eigenvalue weighted by Crippen LogP contribution is 1.98. The third-order valence-corrected chi connectivity index (χ3v) is 0.908. The summed E-state index contributed by atoms with van der Waals surface area (Å²) >= 11 is 3.08. The molecule has 0 atom stereocenters. The number of halogens is 1. The normalized spacial score (nSPS) is 10.7. The Kier molecular flexibility index (Phi) is 3.61. The van der Waals surface area contributed by atoms with Crippen molar-refractivity contribution in [2.45, 2.75) is 0 Å². The lowest BCUT2D eigenvalue weighted by Crippen LogP contribution is -1.63. The van der Waals surface area contributed by atoms with Crippen molar-refractivity contribution in [3.8, 4) is 0 Å². The van der Waals surface area contributed by atoms with Gasteiger partial charge in [-0.15, -0.1) is 0 Å². The summed E-state index contributed by atoms with van der Waals surface area (Å²) in [5.74, 6) is 0. The molecule has 0 saturated carbocycles. The minimum atomic E-state index is 0.738. The van der Waals surface area contributed by atoms with E-state index in [1.165, 1.54) is 6.21 Å². The first kappa shape index (κ1) is 6.63. The number of hydrogen-bond donors (Lipinski definition) is 1. The fourth-order valence-electron chi connectivity index (χ4n) is 0.161. The first-order valence-corrected chi connectivity index (χ1v) is 2.59. The SMILES string of the molecule is C=C/C=C(/Br)C=N. The van der Waals surface area contributed by atoms with Crippen LogP contribution in [0.5, 0.6) is 0 Å². The summed E-state index contributed by atoms with van der Waals surface area (Å²) in [7, 11) is 0.